The van der Waals surface area contributed by atoms with Crippen LogP contribution in [0.4, 0.5) is 0 Å². The van der Waals surface area contributed by atoms with Gasteiger partial charge in [0, 0.05) is 11.3 Å². The second-order valence-corrected chi connectivity index (χ2v) is 4.87. The van der Waals surface area contributed by atoms with Crippen LogP contribution in [0.3, 0.4) is 0 Å². The van der Waals surface area contributed by atoms with Crippen LogP contribution >= 0.6 is 0 Å². The zero-order valence-electron chi connectivity index (χ0n) is 12.5. The molecule has 1 amide bonds. The molecule has 1 aromatic heterocycles. The van der Waals surface area contributed by atoms with E-state index in [4.69, 9.17) is 4.42 Å². The first-order chi connectivity index (χ1) is 10.6. The lowest BCUT2D eigenvalue weighted by Gasteiger charge is -2.11. The van der Waals surface area contributed by atoms with Crippen LogP contribution < -0.4 is 5.32 Å². The number of nitrogens with one attached hydrogen (secondary N) is 1. The van der Waals surface area contributed by atoms with E-state index in [1.54, 1.807) is 30.5 Å². The zero-order valence-corrected chi connectivity index (χ0v) is 12.5. The van der Waals surface area contributed by atoms with Gasteiger partial charge in [0.05, 0.1) is 11.8 Å². The fourth-order valence-corrected chi connectivity index (χ4v) is 2.07. The molecule has 0 aliphatic heterocycles. The highest BCUT2D eigenvalue weighted by atomic mass is 16.3. The van der Waals surface area contributed by atoms with Crippen molar-refractivity contribution in [1.82, 2.24) is 5.32 Å². The molecule has 0 bridgehead atoms. The van der Waals surface area contributed by atoms with Gasteiger partial charge >= 0.3 is 0 Å². The van der Waals surface area contributed by atoms with Gasteiger partial charge in [0.15, 0.2) is 0 Å². The van der Waals surface area contributed by atoms with E-state index in [9.17, 15) is 9.90 Å². The van der Waals surface area contributed by atoms with E-state index in [-0.39, 0.29) is 17.2 Å². The highest BCUT2D eigenvalue weighted by molar-refractivity contribution is 6.00. The van der Waals surface area contributed by atoms with E-state index in [2.05, 4.69) is 11.9 Å². The molecule has 1 aliphatic carbocycles. The maximum absolute atomic E-state index is 12.4. The molecule has 4 heteroatoms. The molecular formula is C18H19NO3. The fourth-order valence-electron chi connectivity index (χ4n) is 2.07. The van der Waals surface area contributed by atoms with E-state index in [1.165, 1.54) is 6.92 Å². The van der Waals surface area contributed by atoms with Crippen LogP contribution in [-0.2, 0) is 4.79 Å². The molecule has 22 heavy (non-hydrogen) atoms. The van der Waals surface area contributed by atoms with Crippen molar-refractivity contribution in [3.05, 3.63) is 78.1 Å². The molecule has 0 aromatic carbocycles. The minimum absolute atomic E-state index is 0.0659. The molecule has 0 saturated carbocycles. The summed E-state index contributed by atoms with van der Waals surface area (Å²) >= 11 is 0. The van der Waals surface area contributed by atoms with Crippen LogP contribution in [0, 0.1) is 0 Å². The summed E-state index contributed by atoms with van der Waals surface area (Å²) in [5, 5.41) is 12.6. The van der Waals surface area contributed by atoms with Crippen LogP contribution in [0.2, 0.25) is 0 Å². The Hall–Kier alpha value is -2.75. The lowest BCUT2D eigenvalue weighted by atomic mass is 10.1. The number of hydrogen-bond acceptors (Lipinski definition) is 3. The van der Waals surface area contributed by atoms with Crippen molar-refractivity contribution in [2.24, 2.45) is 0 Å². The smallest absolute Gasteiger partial charge is 0.259 e. The molecule has 2 rings (SSSR count). The SMILES string of the molecule is C=C/C(=C\C(C(=O)NC1=CCCC=C1)=C(/C)O)c1ccco1. The van der Waals surface area contributed by atoms with E-state index in [1.807, 2.05) is 18.2 Å². The van der Waals surface area contributed by atoms with Crippen LogP contribution in [0.1, 0.15) is 25.5 Å². The van der Waals surface area contributed by atoms with Crippen molar-refractivity contribution >= 4 is 11.5 Å². The molecule has 1 heterocycles. The summed E-state index contributed by atoms with van der Waals surface area (Å²) in [6, 6.07) is 3.52. The van der Waals surface area contributed by atoms with Crippen LogP contribution in [0.25, 0.3) is 5.57 Å². The summed E-state index contributed by atoms with van der Waals surface area (Å²) in [7, 11) is 0. The Morgan fingerprint density at radius 3 is 2.82 bits per heavy atom. The van der Waals surface area contributed by atoms with E-state index in [0.29, 0.717) is 11.3 Å². The van der Waals surface area contributed by atoms with Crippen molar-refractivity contribution in [2.75, 3.05) is 0 Å². The second kappa shape index (κ2) is 7.31. The van der Waals surface area contributed by atoms with Crippen molar-refractivity contribution in [3.8, 4) is 0 Å². The third-order valence-electron chi connectivity index (χ3n) is 3.21. The first-order valence-corrected chi connectivity index (χ1v) is 7.07. The average molecular weight is 297 g/mol. The Balaban J connectivity index is 2.25. The molecule has 114 valence electrons. The number of aliphatic hydroxyl groups excluding tert-OH is 1. The maximum atomic E-state index is 12.4. The molecule has 1 aromatic rings. The Morgan fingerprint density at radius 1 is 1.45 bits per heavy atom. The summed E-state index contributed by atoms with van der Waals surface area (Å²) in [4.78, 5) is 12.4. The Bertz CT molecular complexity index is 669. The monoisotopic (exact) mass is 297 g/mol. The molecule has 0 fully saturated rings. The number of hydrogen-bond donors (Lipinski definition) is 2. The van der Waals surface area contributed by atoms with Crippen molar-refractivity contribution in [3.63, 3.8) is 0 Å². The molecule has 2 N–H and O–H groups in total. The van der Waals surface area contributed by atoms with Crippen LogP contribution in [0.5, 0.6) is 0 Å². The zero-order chi connectivity index (χ0) is 15.9. The van der Waals surface area contributed by atoms with Gasteiger partial charge in [0.1, 0.15) is 11.5 Å². The van der Waals surface area contributed by atoms with Gasteiger partial charge in [-0.3, -0.25) is 4.79 Å². The number of amides is 1. The van der Waals surface area contributed by atoms with Gasteiger partial charge in [0.2, 0.25) is 0 Å². The molecule has 0 radical (unpaired) electrons. The summed E-state index contributed by atoms with van der Waals surface area (Å²) in [6.07, 6.45) is 12.4. The van der Waals surface area contributed by atoms with Crippen molar-refractivity contribution in [1.29, 1.82) is 0 Å². The van der Waals surface area contributed by atoms with Gasteiger partial charge < -0.3 is 14.8 Å². The number of aliphatic hydroxyl groups is 1. The van der Waals surface area contributed by atoms with Crippen molar-refractivity contribution in [2.45, 2.75) is 19.8 Å². The number of allylic oxidation sites excluding steroid dienone is 6. The molecule has 0 spiro atoms. The molecule has 1 aliphatic rings. The minimum atomic E-state index is -0.372. The Kier molecular flexibility index (Phi) is 5.20. The number of carbonyl (C=O) groups excluding carboxylic acids is 1. The topological polar surface area (TPSA) is 62.5 Å². The van der Waals surface area contributed by atoms with E-state index in [0.717, 1.165) is 18.5 Å². The van der Waals surface area contributed by atoms with E-state index < -0.39 is 0 Å². The van der Waals surface area contributed by atoms with Gasteiger partial charge in [0.25, 0.3) is 5.91 Å². The highest BCUT2D eigenvalue weighted by Gasteiger charge is 2.14. The maximum Gasteiger partial charge on any atom is 0.259 e. The summed E-state index contributed by atoms with van der Waals surface area (Å²) in [5.74, 6) is 0.144. The Morgan fingerprint density at radius 2 is 2.27 bits per heavy atom. The fraction of sp³-hybridized carbons (Fsp3) is 0.167. The molecule has 0 saturated heterocycles. The average Bonchev–Trinajstić information content (AvgIpc) is 3.03. The Labute approximate surface area is 129 Å². The van der Waals surface area contributed by atoms with E-state index >= 15 is 0 Å². The van der Waals surface area contributed by atoms with Crippen molar-refractivity contribution < 1.29 is 14.3 Å². The molecule has 4 nitrogen and oxygen atoms in total. The number of rotatable bonds is 5. The van der Waals surface area contributed by atoms with Gasteiger partial charge in [-0.25, -0.2) is 0 Å². The molecular weight excluding hydrogens is 278 g/mol. The number of furan rings is 1. The lowest BCUT2D eigenvalue weighted by molar-refractivity contribution is -0.116. The van der Waals surface area contributed by atoms with Crippen LogP contribution in [0.15, 0.2) is 76.8 Å². The van der Waals surface area contributed by atoms with Gasteiger partial charge in [-0.1, -0.05) is 24.8 Å². The molecule has 0 unspecified atom stereocenters. The third-order valence-corrected chi connectivity index (χ3v) is 3.21. The lowest BCUT2D eigenvalue weighted by Crippen LogP contribution is -2.24. The first-order valence-electron chi connectivity index (χ1n) is 7.07. The predicted octanol–water partition coefficient (Wildman–Crippen LogP) is 4.03. The summed E-state index contributed by atoms with van der Waals surface area (Å²) in [5.41, 5.74) is 1.53. The number of carbonyl (C=O) groups is 1. The third kappa shape index (κ3) is 3.88. The molecule has 0 atom stereocenters. The highest BCUT2D eigenvalue weighted by Crippen LogP contribution is 2.20. The van der Waals surface area contributed by atoms with Gasteiger partial charge in [-0.2, -0.15) is 0 Å². The normalized spacial score (nSPS) is 15.9. The van der Waals surface area contributed by atoms with Gasteiger partial charge in [-0.05, 0) is 44.1 Å². The van der Waals surface area contributed by atoms with Crippen LogP contribution in [-0.4, -0.2) is 11.0 Å². The largest absolute Gasteiger partial charge is 0.512 e. The summed E-state index contributed by atoms with van der Waals surface area (Å²) in [6.45, 7) is 5.19. The van der Waals surface area contributed by atoms with Gasteiger partial charge in [-0.15, -0.1) is 0 Å². The minimum Gasteiger partial charge on any atom is -0.512 e. The predicted molar refractivity (Wildman–Crippen MR) is 86.8 cm³/mol. The standard InChI is InChI=1S/C18H19NO3/c1-3-14(17-10-7-11-22-17)12-16(13(2)20)18(21)19-15-8-5-4-6-9-15/h3,5,7-12,20H,1,4,6H2,2H3,(H,19,21)/b14-12+,16-13-. The second-order valence-electron chi connectivity index (χ2n) is 4.87. The first kappa shape index (κ1) is 15.6. The summed E-state index contributed by atoms with van der Waals surface area (Å²) < 4.78 is 5.30. The quantitative estimate of drug-likeness (QED) is 0.490.